The van der Waals surface area contributed by atoms with Gasteiger partial charge < -0.3 is 4.74 Å². The molecule has 21 heavy (non-hydrogen) atoms. The van der Waals surface area contributed by atoms with Gasteiger partial charge in [-0.15, -0.1) is 0 Å². The molecule has 0 saturated carbocycles. The van der Waals surface area contributed by atoms with Crippen LogP contribution < -0.4 is 0 Å². The number of esters is 1. The third kappa shape index (κ3) is 6.73. The van der Waals surface area contributed by atoms with Crippen molar-refractivity contribution < 1.29 is 22.1 Å². The zero-order valence-electron chi connectivity index (χ0n) is 12.9. The molecule has 0 aliphatic heterocycles. The van der Waals surface area contributed by atoms with E-state index in [1.807, 2.05) is 32.9 Å². The molecule has 0 aliphatic carbocycles. The van der Waals surface area contributed by atoms with Crippen LogP contribution in [0.15, 0.2) is 24.3 Å². The fourth-order valence-electron chi connectivity index (χ4n) is 1.64. The Labute approximate surface area is 126 Å². The summed E-state index contributed by atoms with van der Waals surface area (Å²) in [5, 5.41) is 0. The van der Waals surface area contributed by atoms with Gasteiger partial charge in [-0.05, 0) is 30.4 Å². The Morgan fingerprint density at radius 3 is 2.43 bits per heavy atom. The first-order chi connectivity index (χ1) is 9.61. The van der Waals surface area contributed by atoms with Crippen LogP contribution in [-0.2, 0) is 19.0 Å². The molecular weight excluding hydrogens is 292 g/mol. The zero-order chi connectivity index (χ0) is 16.1. The van der Waals surface area contributed by atoms with E-state index in [0.717, 1.165) is 11.8 Å². The van der Waals surface area contributed by atoms with Gasteiger partial charge in [-0.2, -0.15) is 8.42 Å². The van der Waals surface area contributed by atoms with E-state index >= 15 is 0 Å². The lowest BCUT2D eigenvalue weighted by Gasteiger charge is -2.23. The van der Waals surface area contributed by atoms with Gasteiger partial charge in [0.25, 0.3) is 10.1 Å². The minimum atomic E-state index is -3.46. The molecule has 0 unspecified atom stereocenters. The van der Waals surface area contributed by atoms with Crippen molar-refractivity contribution in [1.82, 2.24) is 0 Å². The highest BCUT2D eigenvalue weighted by atomic mass is 32.2. The fraction of sp³-hybridized carbons (Fsp3) is 0.533. The summed E-state index contributed by atoms with van der Waals surface area (Å²) in [5.74, 6) is -0.368. The predicted molar refractivity (Wildman–Crippen MR) is 80.7 cm³/mol. The van der Waals surface area contributed by atoms with Crippen molar-refractivity contribution >= 4 is 16.1 Å². The van der Waals surface area contributed by atoms with E-state index in [0.29, 0.717) is 12.0 Å². The van der Waals surface area contributed by atoms with Crippen LogP contribution in [0.5, 0.6) is 0 Å². The molecule has 0 aliphatic rings. The van der Waals surface area contributed by atoms with Crippen LogP contribution in [0.25, 0.3) is 0 Å². The van der Waals surface area contributed by atoms with Crippen molar-refractivity contribution in [3.8, 4) is 0 Å². The summed E-state index contributed by atoms with van der Waals surface area (Å²) in [6.07, 6.45) is 1.53. The maximum absolute atomic E-state index is 11.9. The molecule has 0 N–H and O–H groups in total. The quantitative estimate of drug-likeness (QED) is 0.571. The Balaban J connectivity index is 2.46. The summed E-state index contributed by atoms with van der Waals surface area (Å²) in [4.78, 5) is 11.9. The van der Waals surface area contributed by atoms with E-state index in [-0.39, 0.29) is 19.2 Å². The highest BCUT2D eigenvalue weighted by Gasteiger charge is 2.21. The third-order valence-electron chi connectivity index (χ3n) is 3.04. The maximum atomic E-state index is 11.9. The van der Waals surface area contributed by atoms with Gasteiger partial charge >= 0.3 is 5.97 Å². The van der Waals surface area contributed by atoms with Crippen LogP contribution in [0.2, 0.25) is 0 Å². The monoisotopic (exact) mass is 314 g/mol. The smallest absolute Gasteiger partial charge is 0.338 e. The van der Waals surface area contributed by atoms with Crippen LogP contribution in [0.1, 0.15) is 36.2 Å². The number of carbonyl (C=O) groups is 1. The Hall–Kier alpha value is -1.40. The number of hydrogen-bond acceptors (Lipinski definition) is 5. The minimum absolute atomic E-state index is 0.0632. The van der Waals surface area contributed by atoms with Crippen LogP contribution in [0, 0.1) is 12.3 Å². The van der Waals surface area contributed by atoms with Gasteiger partial charge in [0.1, 0.15) is 0 Å². The molecule has 5 nitrogen and oxygen atoms in total. The maximum Gasteiger partial charge on any atom is 0.338 e. The van der Waals surface area contributed by atoms with Crippen molar-refractivity contribution in [2.75, 3.05) is 19.5 Å². The molecule has 118 valence electrons. The first-order valence-electron chi connectivity index (χ1n) is 6.68. The van der Waals surface area contributed by atoms with Crippen molar-refractivity contribution in [2.24, 2.45) is 5.41 Å². The zero-order valence-corrected chi connectivity index (χ0v) is 13.7. The summed E-state index contributed by atoms with van der Waals surface area (Å²) in [5.41, 5.74) is 1.01. The Morgan fingerprint density at radius 2 is 1.86 bits per heavy atom. The topological polar surface area (TPSA) is 69.7 Å². The number of aryl methyl sites for hydroxylation is 1. The van der Waals surface area contributed by atoms with Crippen LogP contribution in [-0.4, -0.2) is 33.9 Å². The predicted octanol–water partition coefficient (Wildman–Crippen LogP) is 2.54. The largest absolute Gasteiger partial charge is 0.462 e. The van der Waals surface area contributed by atoms with E-state index in [2.05, 4.69) is 0 Å². The van der Waals surface area contributed by atoms with Crippen molar-refractivity contribution in [2.45, 2.75) is 27.2 Å². The lowest BCUT2D eigenvalue weighted by molar-refractivity contribution is 0.0427. The lowest BCUT2D eigenvalue weighted by Crippen LogP contribution is -2.24. The van der Waals surface area contributed by atoms with Gasteiger partial charge in [0, 0.05) is 0 Å². The average Bonchev–Trinajstić information content (AvgIpc) is 2.36. The second-order valence-corrected chi connectivity index (χ2v) is 7.48. The summed E-state index contributed by atoms with van der Waals surface area (Å²) < 4.78 is 32.0. The normalized spacial score (nSPS) is 12.2. The summed E-state index contributed by atoms with van der Waals surface area (Å²) >= 11 is 0. The van der Waals surface area contributed by atoms with E-state index in [4.69, 9.17) is 8.92 Å². The summed E-state index contributed by atoms with van der Waals surface area (Å²) in [6.45, 7) is 5.85. The second kappa shape index (κ2) is 7.04. The molecule has 0 amide bonds. The van der Waals surface area contributed by atoms with Gasteiger partial charge in [0.15, 0.2) is 0 Å². The number of ether oxygens (including phenoxy) is 1. The molecule has 6 heteroatoms. The van der Waals surface area contributed by atoms with Crippen LogP contribution in [0.4, 0.5) is 0 Å². The molecule has 0 radical (unpaired) electrons. The van der Waals surface area contributed by atoms with Gasteiger partial charge in [-0.1, -0.05) is 32.0 Å². The molecule has 0 atom stereocenters. The molecule has 1 aromatic rings. The first kappa shape index (κ1) is 17.7. The molecule has 0 saturated heterocycles. The lowest BCUT2D eigenvalue weighted by atomic mass is 9.91. The standard InChI is InChI=1S/C15H22O5S/c1-12-7-5-6-8-13(12)14(16)19-10-9-15(2,3)11-20-21(4,17)18/h5-8H,9-11H2,1-4H3. The minimum Gasteiger partial charge on any atom is -0.462 e. The molecule has 0 heterocycles. The average molecular weight is 314 g/mol. The highest BCUT2D eigenvalue weighted by Crippen LogP contribution is 2.22. The molecule has 1 aromatic carbocycles. The van der Waals surface area contributed by atoms with Gasteiger partial charge in [0.05, 0.1) is 25.0 Å². The molecule has 0 bridgehead atoms. The van der Waals surface area contributed by atoms with Crippen molar-refractivity contribution in [3.05, 3.63) is 35.4 Å². The number of carbonyl (C=O) groups excluding carboxylic acids is 1. The van der Waals surface area contributed by atoms with Gasteiger partial charge in [-0.3, -0.25) is 4.18 Å². The summed E-state index contributed by atoms with van der Waals surface area (Å²) in [6, 6.07) is 7.21. The Morgan fingerprint density at radius 1 is 1.24 bits per heavy atom. The molecule has 0 spiro atoms. The molecule has 0 aromatic heterocycles. The van der Waals surface area contributed by atoms with Crippen LogP contribution >= 0.6 is 0 Å². The van der Waals surface area contributed by atoms with Gasteiger partial charge in [-0.25, -0.2) is 4.79 Å². The molecule has 1 rings (SSSR count). The second-order valence-electron chi connectivity index (χ2n) is 5.83. The molecular formula is C15H22O5S. The number of hydrogen-bond donors (Lipinski definition) is 0. The summed E-state index contributed by atoms with van der Waals surface area (Å²) in [7, 11) is -3.46. The Kier molecular flexibility index (Phi) is 5.92. The van der Waals surface area contributed by atoms with E-state index in [1.165, 1.54) is 0 Å². The van der Waals surface area contributed by atoms with Crippen molar-refractivity contribution in [1.29, 1.82) is 0 Å². The van der Waals surface area contributed by atoms with E-state index in [9.17, 15) is 13.2 Å². The SMILES string of the molecule is Cc1ccccc1C(=O)OCCC(C)(C)COS(C)(=O)=O. The Bertz CT molecular complexity index is 590. The van der Waals surface area contributed by atoms with Crippen LogP contribution in [0.3, 0.4) is 0 Å². The molecule has 0 fully saturated rings. The number of rotatable bonds is 7. The fourth-order valence-corrected chi connectivity index (χ4v) is 2.17. The number of benzene rings is 1. The third-order valence-corrected chi connectivity index (χ3v) is 3.59. The van der Waals surface area contributed by atoms with E-state index < -0.39 is 15.5 Å². The van der Waals surface area contributed by atoms with E-state index in [1.54, 1.807) is 12.1 Å². The first-order valence-corrected chi connectivity index (χ1v) is 8.49. The van der Waals surface area contributed by atoms with Gasteiger partial charge in [0.2, 0.25) is 0 Å². The highest BCUT2D eigenvalue weighted by molar-refractivity contribution is 7.85. The van der Waals surface area contributed by atoms with Crippen molar-refractivity contribution in [3.63, 3.8) is 0 Å².